The smallest absolute Gasteiger partial charge is 0.338 e. The molecule has 0 N–H and O–H groups in total. The molecule has 2 aliphatic heterocycles. The molecule has 0 bridgehead atoms. The minimum Gasteiger partial charge on any atom is -0.493 e. The lowest BCUT2D eigenvalue weighted by Gasteiger charge is -2.25. The number of methoxy groups -OCH3 is 2. The van der Waals surface area contributed by atoms with Crippen LogP contribution in [0.4, 0.5) is 11.4 Å². The number of rotatable bonds is 8. The van der Waals surface area contributed by atoms with Crippen LogP contribution in [0, 0.1) is 10.1 Å². The van der Waals surface area contributed by atoms with Crippen LogP contribution < -0.4 is 29.3 Å². The molecule has 11 nitrogen and oxygen atoms in total. The maximum absolute atomic E-state index is 14.1. The summed E-state index contributed by atoms with van der Waals surface area (Å²) in [6.07, 6.45) is 3.74. The highest BCUT2D eigenvalue weighted by atomic mass is 32.1. The first-order chi connectivity index (χ1) is 19.8. The van der Waals surface area contributed by atoms with Gasteiger partial charge in [-0.15, -0.1) is 0 Å². The maximum atomic E-state index is 14.1. The molecule has 0 spiro atoms. The fourth-order valence-electron chi connectivity index (χ4n) is 5.29. The number of thiazole rings is 1. The molecule has 0 unspecified atom stereocenters. The van der Waals surface area contributed by atoms with Crippen LogP contribution in [-0.4, -0.2) is 49.4 Å². The molecule has 214 valence electrons. The Kier molecular flexibility index (Phi) is 7.93. The van der Waals surface area contributed by atoms with E-state index >= 15 is 0 Å². The molecule has 12 heteroatoms. The Bertz CT molecular complexity index is 1730. The predicted molar refractivity (Wildman–Crippen MR) is 154 cm³/mol. The van der Waals surface area contributed by atoms with Gasteiger partial charge in [-0.25, -0.2) is 9.79 Å². The van der Waals surface area contributed by atoms with E-state index in [0.29, 0.717) is 37.7 Å². The van der Waals surface area contributed by atoms with Crippen molar-refractivity contribution in [1.29, 1.82) is 0 Å². The average Bonchev–Trinajstić information content (AvgIpc) is 3.60. The van der Waals surface area contributed by atoms with Gasteiger partial charge in [0.05, 0.1) is 47.6 Å². The number of aromatic nitrogens is 1. The Morgan fingerprint density at radius 1 is 1.15 bits per heavy atom. The van der Waals surface area contributed by atoms with Gasteiger partial charge in [-0.2, -0.15) is 0 Å². The summed E-state index contributed by atoms with van der Waals surface area (Å²) in [6, 6.07) is 9.09. The molecule has 3 heterocycles. The van der Waals surface area contributed by atoms with Gasteiger partial charge in [0.2, 0.25) is 0 Å². The molecule has 2 aliphatic rings. The molecule has 0 aliphatic carbocycles. The van der Waals surface area contributed by atoms with Gasteiger partial charge in [0, 0.05) is 36.5 Å². The number of benzene rings is 2. The zero-order chi connectivity index (χ0) is 29.3. The zero-order valence-corrected chi connectivity index (χ0v) is 24.0. The molecule has 1 atom stereocenters. The first-order valence-electron chi connectivity index (χ1n) is 13.2. The van der Waals surface area contributed by atoms with Gasteiger partial charge in [0.1, 0.15) is 0 Å². The van der Waals surface area contributed by atoms with E-state index in [-0.39, 0.29) is 23.4 Å². The average molecular weight is 579 g/mol. The van der Waals surface area contributed by atoms with Gasteiger partial charge in [0.15, 0.2) is 16.3 Å². The quantitative estimate of drug-likeness (QED) is 0.226. The largest absolute Gasteiger partial charge is 0.493 e. The lowest BCUT2D eigenvalue weighted by atomic mass is 9.95. The lowest BCUT2D eigenvalue weighted by molar-refractivity contribution is -0.384. The number of anilines is 1. The second kappa shape index (κ2) is 11.6. The van der Waals surface area contributed by atoms with E-state index in [1.54, 1.807) is 44.2 Å². The fourth-order valence-corrected chi connectivity index (χ4v) is 6.33. The lowest BCUT2D eigenvalue weighted by Crippen LogP contribution is -2.40. The van der Waals surface area contributed by atoms with Crippen molar-refractivity contribution in [2.75, 3.05) is 38.8 Å². The summed E-state index contributed by atoms with van der Waals surface area (Å²) >= 11 is 1.17. The van der Waals surface area contributed by atoms with Crippen molar-refractivity contribution in [3.8, 4) is 11.5 Å². The number of fused-ring (bicyclic) bond motifs is 1. The van der Waals surface area contributed by atoms with Crippen molar-refractivity contribution in [2.45, 2.75) is 32.7 Å². The van der Waals surface area contributed by atoms with Crippen LogP contribution in [0.5, 0.6) is 11.5 Å². The molecule has 2 aromatic carbocycles. The van der Waals surface area contributed by atoms with Gasteiger partial charge in [-0.3, -0.25) is 19.5 Å². The molecule has 3 aromatic rings. The predicted octanol–water partition coefficient (Wildman–Crippen LogP) is 3.32. The SMILES string of the molecule is CCOC(=O)C1=C(C)N=c2s/c(=C/c3cc([N+](=O)[O-])ccc3N3CCCC3)c(=O)n2[C@H]1c1ccc(OC)c(OC)c1. The Hall–Kier alpha value is -4.45. The van der Waals surface area contributed by atoms with Crippen LogP contribution in [0.3, 0.4) is 0 Å². The molecular weight excluding hydrogens is 548 g/mol. The highest BCUT2D eigenvalue weighted by Crippen LogP contribution is 2.36. The second-order valence-electron chi connectivity index (χ2n) is 9.61. The Labute approximate surface area is 239 Å². The van der Waals surface area contributed by atoms with Crippen LogP contribution >= 0.6 is 11.3 Å². The van der Waals surface area contributed by atoms with Crippen LogP contribution in [-0.2, 0) is 9.53 Å². The highest BCUT2D eigenvalue weighted by molar-refractivity contribution is 7.07. The van der Waals surface area contributed by atoms with E-state index in [9.17, 15) is 19.7 Å². The summed E-state index contributed by atoms with van der Waals surface area (Å²) in [7, 11) is 3.04. The minimum absolute atomic E-state index is 0.0596. The van der Waals surface area contributed by atoms with Crippen LogP contribution in [0.1, 0.15) is 43.9 Å². The van der Waals surface area contributed by atoms with Gasteiger partial charge in [0.25, 0.3) is 11.2 Å². The van der Waals surface area contributed by atoms with E-state index in [2.05, 4.69) is 9.89 Å². The third-order valence-electron chi connectivity index (χ3n) is 7.20. The first kappa shape index (κ1) is 28.1. The van der Waals surface area contributed by atoms with Crippen molar-refractivity contribution in [3.05, 3.63) is 88.6 Å². The number of non-ortho nitro benzene ring substituents is 1. The molecule has 41 heavy (non-hydrogen) atoms. The standard InChI is InChI=1S/C29H30N4O7S/c1-5-40-28(35)25-17(2)30-29-32(26(25)18-8-11-22(38-3)23(15-18)39-4)27(34)24(41-29)16-19-14-20(33(36)37)9-10-21(19)31-12-6-7-13-31/h8-11,14-16,26H,5-7,12-13H2,1-4H3/b24-16+/t26-/m0/s1. The second-order valence-corrected chi connectivity index (χ2v) is 10.6. The molecule has 1 fully saturated rings. The number of carbonyl (C=O) groups excluding carboxylic acids is 1. The summed E-state index contributed by atoms with van der Waals surface area (Å²) in [5.74, 6) is 0.372. The minimum atomic E-state index is -0.838. The van der Waals surface area contributed by atoms with Crippen LogP contribution in [0.15, 0.2) is 57.5 Å². The fraction of sp³-hybridized carbons (Fsp3) is 0.345. The van der Waals surface area contributed by atoms with E-state index in [4.69, 9.17) is 14.2 Å². The number of carbonyl (C=O) groups is 1. The van der Waals surface area contributed by atoms with Gasteiger partial charge < -0.3 is 19.1 Å². The Balaban J connectivity index is 1.74. The van der Waals surface area contributed by atoms with Gasteiger partial charge in [-0.05, 0) is 56.5 Å². The topological polar surface area (TPSA) is 126 Å². The van der Waals surface area contributed by atoms with E-state index < -0.39 is 16.9 Å². The number of hydrogen-bond acceptors (Lipinski definition) is 10. The summed E-state index contributed by atoms with van der Waals surface area (Å²) in [5, 5.41) is 11.6. The zero-order valence-electron chi connectivity index (χ0n) is 23.2. The Morgan fingerprint density at radius 2 is 1.88 bits per heavy atom. The van der Waals surface area contributed by atoms with E-state index in [0.717, 1.165) is 31.6 Å². The van der Waals surface area contributed by atoms with Gasteiger partial charge >= 0.3 is 5.97 Å². The molecule has 0 amide bonds. The first-order valence-corrected chi connectivity index (χ1v) is 14.0. The van der Waals surface area contributed by atoms with Crippen molar-refractivity contribution >= 4 is 34.8 Å². The number of allylic oxidation sites excluding steroid dienone is 1. The molecule has 0 saturated carbocycles. The molecule has 0 radical (unpaired) electrons. The summed E-state index contributed by atoms with van der Waals surface area (Å²) in [5.41, 5.74) is 2.27. The highest BCUT2D eigenvalue weighted by Gasteiger charge is 2.34. The molecule has 1 saturated heterocycles. The number of nitrogens with zero attached hydrogens (tertiary/aromatic N) is 4. The van der Waals surface area contributed by atoms with E-state index in [1.807, 2.05) is 0 Å². The number of ether oxygens (including phenoxy) is 3. The number of nitro benzene ring substituents is 1. The summed E-state index contributed by atoms with van der Waals surface area (Å²) in [6.45, 7) is 5.25. The third-order valence-corrected chi connectivity index (χ3v) is 8.18. The Morgan fingerprint density at radius 3 is 2.54 bits per heavy atom. The monoisotopic (exact) mass is 578 g/mol. The van der Waals surface area contributed by atoms with Crippen molar-refractivity contribution in [3.63, 3.8) is 0 Å². The van der Waals surface area contributed by atoms with Crippen LogP contribution in [0.2, 0.25) is 0 Å². The normalized spacial score (nSPS) is 16.8. The molecule has 5 rings (SSSR count). The number of hydrogen-bond donors (Lipinski definition) is 0. The summed E-state index contributed by atoms with van der Waals surface area (Å²) < 4.78 is 18.1. The number of nitro groups is 1. The van der Waals surface area contributed by atoms with Crippen molar-refractivity contribution < 1.29 is 23.9 Å². The van der Waals surface area contributed by atoms with Gasteiger partial charge in [-0.1, -0.05) is 17.4 Å². The number of esters is 1. The van der Waals surface area contributed by atoms with Crippen molar-refractivity contribution in [1.82, 2.24) is 4.57 Å². The van der Waals surface area contributed by atoms with Crippen LogP contribution in [0.25, 0.3) is 6.08 Å². The molecule has 1 aromatic heterocycles. The molecular formula is C29H30N4O7S. The summed E-state index contributed by atoms with van der Waals surface area (Å²) in [4.78, 5) is 45.6. The van der Waals surface area contributed by atoms with E-state index in [1.165, 1.54) is 42.3 Å². The third kappa shape index (κ3) is 5.22. The van der Waals surface area contributed by atoms with Crippen molar-refractivity contribution in [2.24, 2.45) is 4.99 Å². The maximum Gasteiger partial charge on any atom is 0.338 e.